The van der Waals surface area contributed by atoms with E-state index < -0.39 is 16.8 Å². The Morgan fingerprint density at radius 3 is 1.25 bits per heavy atom. The first-order chi connectivity index (χ1) is 53.3. The molecule has 0 saturated heterocycles. The van der Waals surface area contributed by atoms with Crippen LogP contribution in [0.1, 0.15) is 16.7 Å². The molecule has 111 heavy (non-hydrogen) atoms. The number of thiazole rings is 5. The number of hydrogen-bond donors (Lipinski definition) is 5. The highest BCUT2D eigenvalue weighted by molar-refractivity contribution is 9.11. The number of nitro groups is 1. The molecule has 10 heterocycles. The lowest BCUT2D eigenvalue weighted by Gasteiger charge is -1.97. The van der Waals surface area contributed by atoms with E-state index in [0.29, 0.717) is 32.5 Å². The van der Waals surface area contributed by atoms with E-state index in [1.165, 1.54) is 80.4 Å². The van der Waals surface area contributed by atoms with Crippen LogP contribution in [-0.2, 0) is 4.79 Å². The second-order valence-electron chi connectivity index (χ2n) is 22.8. The molecule has 0 bridgehead atoms. The summed E-state index contributed by atoms with van der Waals surface area (Å²) in [5.74, 6) is 1.58. The standard InChI is InChI=1S/C13H9BrN2OS.C13H9FN2OS.C12H7BrN2OS.C12H7FN2OS.C8H8N2S.C7H6ClNO2.C7H9NS.C6H4BrNO2/c2*1-17-9-2-3-10-11(7-9)18-13(16-10)8-4-5-15-12(14)6-8;2*13-11-5-7(3-4-14-11)12-15-9-2-1-8(16)6-10(9)17-12;1-5-2-3-6-7(4-5)11-8(9)10-6;1-5-2-3-7(9(10)11)6(8)4-5;1-5-2-3-6(8)7(9)4-5;7-6-3-5(10-4-9)1-2-8-6/h2*2-7H,1H3;2*1-6,16H;2-4H,1H3,(H2,9,10);2-4H,1H3;2-4,9H,8H2,1H3;1-4H/i;14-1;;13-1;;;;. The van der Waals surface area contributed by atoms with E-state index in [4.69, 9.17) is 32.5 Å². The van der Waals surface area contributed by atoms with Gasteiger partial charge in [-0.15, -0.1) is 58.0 Å². The van der Waals surface area contributed by atoms with E-state index in [9.17, 15) is 33.9 Å². The van der Waals surface area contributed by atoms with E-state index >= 15 is 0 Å². The third kappa shape index (κ3) is 24.2. The van der Waals surface area contributed by atoms with Gasteiger partial charge >= 0.3 is 0 Å². The first kappa shape index (κ1) is 82.8. The van der Waals surface area contributed by atoms with Gasteiger partial charge in [-0.1, -0.05) is 41.1 Å². The maximum Gasteiger partial charge on any atom is 0.298 e. The van der Waals surface area contributed by atoms with E-state index in [-0.39, 0.29) is 22.2 Å². The first-order valence-electron chi connectivity index (χ1n) is 32.2. The van der Waals surface area contributed by atoms with Crippen molar-refractivity contribution in [2.24, 2.45) is 0 Å². The number of thiol groups is 1. The Morgan fingerprint density at radius 1 is 0.459 bits per heavy atom. The first-order valence-corrected chi connectivity index (χ1v) is 39.5. The predicted octanol–water partition coefficient (Wildman–Crippen LogP) is 22.7. The van der Waals surface area contributed by atoms with Crippen LogP contribution in [-0.4, -0.2) is 85.7 Å². The van der Waals surface area contributed by atoms with E-state index in [1.54, 1.807) is 122 Å². The zero-order chi connectivity index (χ0) is 79.3. The number of hydrogen-bond acceptors (Lipinski definition) is 26. The van der Waals surface area contributed by atoms with Gasteiger partial charge in [0.25, 0.3) is 12.2 Å². The SMILES string of the molecule is COc1ccc2nc(-c3ccnc(Br)c3)sc2c1.COc1ccc2nc(-c3ccnc([18F])c3)sc2c1.Cc1ccc(N)c(S)c1.Cc1ccc([N+](=O)[O-])c(Cl)c1.Cc1ccc2nc(N)sc2c1.O=COc1ccnc(Br)c1.Oc1ccc2nc(-c3ccnc(Br)c3)sc2c1.Oc1ccc2nc(-c3ccnc([18F])c3)sc2c1. The molecule has 21 nitrogen and oxygen atoms in total. The van der Waals surface area contributed by atoms with Crippen LogP contribution in [0, 0.1) is 42.8 Å². The van der Waals surface area contributed by atoms with Gasteiger partial charge in [-0.25, -0.2) is 49.8 Å². The van der Waals surface area contributed by atoms with Crippen molar-refractivity contribution in [2.45, 2.75) is 25.7 Å². The minimum atomic E-state index is -0.524. The number of phenols is 2. The molecule has 17 rings (SSSR count). The van der Waals surface area contributed by atoms with Crippen molar-refractivity contribution < 1.29 is 42.9 Å². The number of nitrogens with zero attached hydrogens (tertiary/aromatic N) is 11. The number of benzene rings is 7. The molecule has 0 saturated carbocycles. The topological polar surface area (TPSA) is 309 Å². The lowest BCUT2D eigenvalue weighted by atomic mass is 10.2. The number of aromatic nitrogens is 10. The molecule has 7 aromatic carbocycles. The molecule has 0 atom stereocenters. The van der Waals surface area contributed by atoms with Gasteiger partial charge in [-0.05, 0) is 231 Å². The quantitative estimate of drug-likeness (QED) is 0.0224. The fourth-order valence-corrected chi connectivity index (χ4v) is 16.0. The number of carbonyl (C=O) groups excluding carboxylic acids is 1. The van der Waals surface area contributed by atoms with Crippen molar-refractivity contribution in [1.82, 2.24) is 49.8 Å². The molecule has 0 aliphatic heterocycles. The molecule has 0 unspecified atom stereocenters. The molecule has 17 aromatic rings. The van der Waals surface area contributed by atoms with Crippen LogP contribution in [0.3, 0.4) is 0 Å². The van der Waals surface area contributed by atoms with Crippen LogP contribution in [0.15, 0.2) is 238 Å². The summed E-state index contributed by atoms with van der Waals surface area (Å²) < 4.78 is 48.4. The minimum Gasteiger partial charge on any atom is -0.508 e. The number of aromatic hydroxyl groups is 2. The second kappa shape index (κ2) is 39.8. The van der Waals surface area contributed by atoms with Crippen molar-refractivity contribution >= 4 is 203 Å². The van der Waals surface area contributed by atoms with Crippen LogP contribution < -0.4 is 25.7 Å². The molecule has 0 fully saturated rings. The van der Waals surface area contributed by atoms with Crippen LogP contribution in [0.5, 0.6) is 28.7 Å². The number of nitrogens with two attached hydrogens (primary N) is 2. The van der Waals surface area contributed by atoms with Crippen LogP contribution in [0.2, 0.25) is 5.02 Å². The summed E-state index contributed by atoms with van der Waals surface area (Å²) in [6, 6.07) is 55.4. The Bertz CT molecular complexity index is 5860. The predicted molar refractivity (Wildman–Crippen MR) is 456 cm³/mol. The molecule has 6 N–H and O–H groups in total. The molecule has 0 spiro atoms. The Labute approximate surface area is 688 Å². The lowest BCUT2D eigenvalue weighted by Crippen LogP contribution is -1.88. The monoisotopic (exact) mass is 1810 g/mol. The number of aryl methyl sites for hydroxylation is 3. The van der Waals surface area contributed by atoms with E-state index in [0.717, 1.165) is 115 Å². The molecule has 0 radical (unpaired) electrons. The van der Waals surface area contributed by atoms with Gasteiger partial charge < -0.3 is 35.9 Å². The van der Waals surface area contributed by atoms with Crippen LogP contribution >= 0.6 is 129 Å². The number of pyridine rings is 5. The van der Waals surface area contributed by atoms with E-state index in [1.807, 2.05) is 111 Å². The van der Waals surface area contributed by atoms with Crippen molar-refractivity contribution in [3.05, 3.63) is 277 Å². The number of methoxy groups -OCH3 is 2. The summed E-state index contributed by atoms with van der Waals surface area (Å²) in [5, 5.41) is 33.3. The molecular weight excluding hydrogens is 1750 g/mol. The maximum absolute atomic E-state index is 13.1. The number of halogens is 6. The number of nitrogen functional groups attached to an aromatic ring is 2. The number of ether oxygens (including phenoxy) is 3. The zero-order valence-electron chi connectivity index (χ0n) is 58.5. The summed E-state index contributed by atoms with van der Waals surface area (Å²) in [4.78, 5) is 61.7. The third-order valence-corrected chi connectivity index (χ3v) is 21.9. The van der Waals surface area contributed by atoms with Crippen LogP contribution in [0.4, 0.5) is 25.3 Å². The number of phenolic OH excluding ortho intramolecular Hbond substituents is 2. The summed E-state index contributed by atoms with van der Waals surface area (Å²) >= 11 is 27.2. The van der Waals surface area contributed by atoms with Crippen LogP contribution in [0.25, 0.3) is 93.4 Å². The fraction of sp³-hybridized carbons (Fsp3) is 0.0641. The van der Waals surface area contributed by atoms with Crippen molar-refractivity contribution in [1.29, 1.82) is 0 Å². The van der Waals surface area contributed by atoms with Gasteiger partial charge in [-0.2, -0.15) is 8.78 Å². The normalized spacial score (nSPS) is 10.4. The molecule has 0 amide bonds. The Balaban J connectivity index is 0.000000137. The average molecular weight is 1810 g/mol. The molecule has 0 aliphatic carbocycles. The minimum absolute atomic E-state index is 0.0442. The van der Waals surface area contributed by atoms with Gasteiger partial charge in [0.15, 0.2) is 5.13 Å². The molecule has 0 aliphatic rings. The van der Waals surface area contributed by atoms with Gasteiger partial charge in [0.2, 0.25) is 11.9 Å². The number of nitro benzene ring substituents is 1. The Kier molecular flexibility index (Phi) is 29.7. The largest absolute Gasteiger partial charge is 0.508 e. The van der Waals surface area contributed by atoms with E-state index in [2.05, 4.69) is 128 Å². The summed E-state index contributed by atoms with van der Waals surface area (Å²) in [6.07, 6.45) is 7.91. The Morgan fingerprint density at radius 2 is 0.838 bits per heavy atom. The zero-order valence-corrected chi connectivity index (χ0v) is 69.0. The Hall–Kier alpha value is -10.7. The van der Waals surface area contributed by atoms with Gasteiger partial charge in [0.05, 0.1) is 70.2 Å². The number of rotatable bonds is 9. The molecule has 10 aromatic heterocycles. The number of anilines is 2. The highest BCUT2D eigenvalue weighted by Crippen LogP contribution is 2.37. The molecule has 562 valence electrons. The smallest absolute Gasteiger partial charge is 0.298 e. The van der Waals surface area contributed by atoms with Crippen molar-refractivity contribution in [3.63, 3.8) is 0 Å². The summed E-state index contributed by atoms with van der Waals surface area (Å²) in [7, 11) is 3.30. The van der Waals surface area contributed by atoms with Crippen molar-refractivity contribution in [2.75, 3.05) is 25.7 Å². The van der Waals surface area contributed by atoms with Crippen molar-refractivity contribution in [3.8, 4) is 71.0 Å². The lowest BCUT2D eigenvalue weighted by molar-refractivity contribution is -0.384. The summed E-state index contributed by atoms with van der Waals surface area (Å²) in [6.45, 7) is 6.28. The highest BCUT2D eigenvalue weighted by atomic mass is 79.9. The average Bonchev–Trinajstić information content (AvgIpc) is 2.52. The highest BCUT2D eigenvalue weighted by Gasteiger charge is 2.14. The van der Waals surface area contributed by atoms with Gasteiger partial charge in [-0.3, -0.25) is 14.9 Å². The summed E-state index contributed by atoms with van der Waals surface area (Å²) in [5.41, 5.74) is 23.2. The third-order valence-electron chi connectivity index (χ3n) is 14.8. The number of carbonyl (C=O) groups is 1. The van der Waals surface area contributed by atoms with Gasteiger partial charge in [0, 0.05) is 88.1 Å². The second-order valence-corrected chi connectivity index (χ2v) is 31.4. The fourth-order valence-electron chi connectivity index (χ4n) is 9.50. The number of fused-ring (bicyclic) bond motifs is 5. The molecular formula is C78H59Br3ClF2N13O8S6. The maximum atomic E-state index is 13.1. The molecule has 33 heteroatoms. The van der Waals surface area contributed by atoms with Gasteiger partial charge in [0.1, 0.15) is 67.6 Å².